The fourth-order valence-corrected chi connectivity index (χ4v) is 2.37. The number of hydrogen-bond acceptors (Lipinski definition) is 4. The number of halogens is 1. The summed E-state index contributed by atoms with van der Waals surface area (Å²) in [7, 11) is -4.05. The molecule has 0 radical (unpaired) electrons. The van der Waals surface area contributed by atoms with Gasteiger partial charge in [-0.1, -0.05) is 18.2 Å². The average molecular weight is 307 g/mol. The van der Waals surface area contributed by atoms with Crippen LogP contribution in [-0.2, 0) is 14.9 Å². The van der Waals surface area contributed by atoms with Gasteiger partial charge in [-0.25, -0.2) is 9.52 Å². The number of carbonyl (C=O) groups excluding carboxylic acids is 1. The van der Waals surface area contributed by atoms with E-state index in [2.05, 4.69) is 9.46 Å². The van der Waals surface area contributed by atoms with Gasteiger partial charge in [0.2, 0.25) is 0 Å². The molecule has 0 saturated heterocycles. The van der Waals surface area contributed by atoms with Crippen LogP contribution in [0.25, 0.3) is 0 Å². The Morgan fingerprint density at radius 3 is 2.63 bits per heavy atom. The van der Waals surface area contributed by atoms with Crippen LogP contribution in [0, 0.1) is 0 Å². The molecule has 1 amide bonds. The third-order valence-corrected chi connectivity index (χ3v) is 3.29. The SMILES string of the molecule is CCOC(=O)NS(=O)(=O)Nc1ccccc1C(C)Cl. The first-order valence-electron chi connectivity index (χ1n) is 5.56. The van der Waals surface area contributed by atoms with Crippen molar-refractivity contribution in [2.75, 3.05) is 11.3 Å². The van der Waals surface area contributed by atoms with Gasteiger partial charge < -0.3 is 4.74 Å². The number of alkyl halides is 1. The fraction of sp³-hybridized carbons (Fsp3) is 0.364. The minimum Gasteiger partial charge on any atom is -0.449 e. The van der Waals surface area contributed by atoms with Crippen molar-refractivity contribution in [2.24, 2.45) is 0 Å². The Hall–Kier alpha value is -1.47. The third-order valence-electron chi connectivity index (χ3n) is 2.13. The molecule has 1 atom stereocenters. The third kappa shape index (κ3) is 4.96. The first kappa shape index (κ1) is 15.6. The Kier molecular flexibility index (Phi) is 5.44. The molecule has 0 bridgehead atoms. The molecule has 0 aliphatic heterocycles. The molecule has 106 valence electrons. The van der Waals surface area contributed by atoms with E-state index in [1.165, 1.54) is 0 Å². The second-order valence-corrected chi connectivity index (χ2v) is 5.70. The molecule has 1 aromatic rings. The molecule has 0 aliphatic carbocycles. The van der Waals surface area contributed by atoms with E-state index in [-0.39, 0.29) is 12.0 Å². The summed E-state index contributed by atoms with van der Waals surface area (Å²) in [5, 5.41) is -0.374. The Bertz CT molecular complexity index is 545. The monoisotopic (exact) mass is 306 g/mol. The molecule has 19 heavy (non-hydrogen) atoms. The number of hydrogen-bond donors (Lipinski definition) is 2. The molecule has 1 aromatic carbocycles. The van der Waals surface area contributed by atoms with Crippen molar-refractivity contribution in [3.63, 3.8) is 0 Å². The normalized spacial score (nSPS) is 12.6. The lowest BCUT2D eigenvalue weighted by molar-refractivity contribution is 0.159. The van der Waals surface area contributed by atoms with Crippen molar-refractivity contribution in [3.8, 4) is 0 Å². The zero-order valence-electron chi connectivity index (χ0n) is 10.5. The number of para-hydroxylation sites is 1. The summed E-state index contributed by atoms with van der Waals surface area (Å²) in [5.41, 5.74) is 0.917. The fourth-order valence-electron chi connectivity index (χ4n) is 1.38. The number of nitrogens with one attached hydrogen (secondary N) is 2. The lowest BCUT2D eigenvalue weighted by Gasteiger charge is -2.14. The molecule has 1 unspecified atom stereocenters. The maximum Gasteiger partial charge on any atom is 0.422 e. The Labute approximate surface area is 117 Å². The summed E-state index contributed by atoms with van der Waals surface area (Å²) < 4.78 is 31.8. The van der Waals surface area contributed by atoms with Crippen LogP contribution in [-0.4, -0.2) is 21.1 Å². The highest BCUT2D eigenvalue weighted by molar-refractivity contribution is 7.91. The Balaban J connectivity index is 2.87. The number of amides is 1. The molecule has 0 saturated carbocycles. The van der Waals surface area contributed by atoms with E-state index >= 15 is 0 Å². The second-order valence-electron chi connectivity index (χ2n) is 3.63. The molecule has 0 aliphatic rings. The predicted octanol–water partition coefficient (Wildman–Crippen LogP) is 2.39. The quantitative estimate of drug-likeness (QED) is 0.818. The molecule has 0 fully saturated rings. The van der Waals surface area contributed by atoms with E-state index in [1.807, 2.05) is 0 Å². The standard InChI is InChI=1S/C11H15ClN2O4S/c1-3-18-11(15)14-19(16,17)13-10-7-5-4-6-9(10)8(2)12/h4-8,13H,3H2,1-2H3,(H,14,15). The summed E-state index contributed by atoms with van der Waals surface area (Å²) in [6.45, 7) is 3.37. The summed E-state index contributed by atoms with van der Waals surface area (Å²) in [4.78, 5) is 11.1. The van der Waals surface area contributed by atoms with Gasteiger partial charge in [-0.2, -0.15) is 8.42 Å². The highest BCUT2D eigenvalue weighted by atomic mass is 35.5. The predicted molar refractivity (Wildman–Crippen MR) is 73.4 cm³/mol. The van der Waals surface area contributed by atoms with Gasteiger partial charge in [-0.15, -0.1) is 11.6 Å². The van der Waals surface area contributed by atoms with Crippen LogP contribution in [0.2, 0.25) is 0 Å². The van der Waals surface area contributed by atoms with Crippen molar-refractivity contribution < 1.29 is 17.9 Å². The largest absolute Gasteiger partial charge is 0.449 e. The van der Waals surface area contributed by atoms with Gasteiger partial charge >= 0.3 is 16.3 Å². The minimum atomic E-state index is -4.05. The summed E-state index contributed by atoms with van der Waals surface area (Å²) >= 11 is 5.95. The maximum atomic E-state index is 11.7. The van der Waals surface area contributed by atoms with E-state index < -0.39 is 16.3 Å². The minimum absolute atomic E-state index is 0.0800. The zero-order valence-corrected chi connectivity index (χ0v) is 12.1. The van der Waals surface area contributed by atoms with Gasteiger partial charge in [-0.3, -0.25) is 4.72 Å². The van der Waals surface area contributed by atoms with Crippen molar-refractivity contribution >= 4 is 33.6 Å². The van der Waals surface area contributed by atoms with E-state index in [4.69, 9.17) is 11.6 Å². The van der Waals surface area contributed by atoms with E-state index in [9.17, 15) is 13.2 Å². The van der Waals surface area contributed by atoms with Gasteiger partial charge in [-0.05, 0) is 25.5 Å². The average Bonchev–Trinajstić information content (AvgIpc) is 2.28. The second kappa shape index (κ2) is 6.63. The maximum absolute atomic E-state index is 11.7. The van der Waals surface area contributed by atoms with Crippen LogP contribution in [0.1, 0.15) is 24.8 Å². The van der Waals surface area contributed by atoms with Crippen LogP contribution in [0.15, 0.2) is 24.3 Å². The van der Waals surface area contributed by atoms with Crippen LogP contribution >= 0.6 is 11.6 Å². The van der Waals surface area contributed by atoms with Crippen molar-refractivity contribution in [3.05, 3.63) is 29.8 Å². The highest BCUT2D eigenvalue weighted by Crippen LogP contribution is 2.27. The van der Waals surface area contributed by atoms with Crippen molar-refractivity contribution in [2.45, 2.75) is 19.2 Å². The lowest BCUT2D eigenvalue weighted by Crippen LogP contribution is -2.36. The molecule has 1 rings (SSSR count). The topological polar surface area (TPSA) is 84.5 Å². The number of ether oxygens (including phenoxy) is 1. The molecule has 8 heteroatoms. The lowest BCUT2D eigenvalue weighted by atomic mass is 10.1. The van der Waals surface area contributed by atoms with Gasteiger partial charge in [0.25, 0.3) is 0 Å². The molecular formula is C11H15ClN2O4S. The van der Waals surface area contributed by atoms with E-state index in [0.29, 0.717) is 11.3 Å². The molecular weight excluding hydrogens is 292 g/mol. The zero-order chi connectivity index (χ0) is 14.5. The highest BCUT2D eigenvalue weighted by Gasteiger charge is 2.17. The number of carbonyl (C=O) groups is 1. The van der Waals surface area contributed by atoms with Crippen LogP contribution in [0.3, 0.4) is 0 Å². The van der Waals surface area contributed by atoms with Crippen LogP contribution in [0.5, 0.6) is 0 Å². The molecule has 6 nitrogen and oxygen atoms in total. The summed E-state index contributed by atoms with van der Waals surface area (Å²) in [6.07, 6.45) is -1.04. The Morgan fingerprint density at radius 2 is 2.05 bits per heavy atom. The molecule has 0 spiro atoms. The van der Waals surface area contributed by atoms with E-state index in [1.54, 1.807) is 42.8 Å². The van der Waals surface area contributed by atoms with Crippen molar-refractivity contribution in [1.29, 1.82) is 0 Å². The number of anilines is 1. The van der Waals surface area contributed by atoms with Gasteiger partial charge in [0, 0.05) is 0 Å². The van der Waals surface area contributed by atoms with Gasteiger partial charge in [0.1, 0.15) is 0 Å². The first-order valence-corrected chi connectivity index (χ1v) is 7.48. The first-order chi connectivity index (χ1) is 8.85. The van der Waals surface area contributed by atoms with Gasteiger partial charge in [0.15, 0.2) is 0 Å². The van der Waals surface area contributed by atoms with Gasteiger partial charge in [0.05, 0.1) is 17.7 Å². The number of rotatable bonds is 5. The van der Waals surface area contributed by atoms with Crippen LogP contribution in [0.4, 0.5) is 10.5 Å². The summed E-state index contributed by atoms with van der Waals surface area (Å²) in [5.74, 6) is 0. The molecule has 2 N–H and O–H groups in total. The van der Waals surface area contributed by atoms with E-state index in [0.717, 1.165) is 0 Å². The summed E-state index contributed by atoms with van der Waals surface area (Å²) in [6, 6.07) is 6.65. The number of benzene rings is 1. The molecule has 0 aromatic heterocycles. The van der Waals surface area contributed by atoms with Crippen molar-refractivity contribution in [1.82, 2.24) is 4.72 Å². The smallest absolute Gasteiger partial charge is 0.422 e. The Morgan fingerprint density at radius 1 is 1.42 bits per heavy atom. The molecule has 0 heterocycles. The van der Waals surface area contributed by atoms with Crippen LogP contribution < -0.4 is 9.44 Å².